The Labute approximate surface area is 160 Å². The van der Waals surface area contributed by atoms with Gasteiger partial charge in [0.25, 0.3) is 5.91 Å². The summed E-state index contributed by atoms with van der Waals surface area (Å²) in [4.78, 5) is 20.1. The highest BCUT2D eigenvalue weighted by Crippen LogP contribution is 2.30. The number of aromatic nitrogens is 1. The molecule has 1 N–H and O–H groups in total. The summed E-state index contributed by atoms with van der Waals surface area (Å²) in [6.07, 6.45) is 2.97. The van der Waals surface area contributed by atoms with Gasteiger partial charge in [0.15, 0.2) is 0 Å². The van der Waals surface area contributed by atoms with Crippen molar-refractivity contribution in [1.82, 2.24) is 15.2 Å². The van der Waals surface area contributed by atoms with E-state index in [-0.39, 0.29) is 11.9 Å². The van der Waals surface area contributed by atoms with Crippen LogP contribution in [-0.2, 0) is 12.8 Å². The number of nitrogens with one attached hydrogen (secondary N) is 1. The lowest BCUT2D eigenvalue weighted by Gasteiger charge is -2.25. The summed E-state index contributed by atoms with van der Waals surface area (Å²) in [5.74, 6) is 0.00883. The van der Waals surface area contributed by atoms with Crippen molar-refractivity contribution in [3.8, 4) is 0 Å². The number of likely N-dealkylation sites (N-methyl/N-ethyl adjacent to an activating group) is 1. The Balaban J connectivity index is 1.64. The van der Waals surface area contributed by atoms with Crippen molar-refractivity contribution in [1.29, 1.82) is 0 Å². The van der Waals surface area contributed by atoms with E-state index < -0.39 is 0 Å². The van der Waals surface area contributed by atoms with Crippen molar-refractivity contribution in [2.75, 3.05) is 20.6 Å². The number of hydrogen-bond donors (Lipinski definition) is 1. The summed E-state index contributed by atoms with van der Waals surface area (Å²) < 4.78 is 0. The fraction of sp³-hybridized carbons (Fsp3) is 0.304. The molecule has 1 aliphatic carbocycles. The molecule has 0 fully saturated rings. The molecule has 2 aromatic carbocycles. The van der Waals surface area contributed by atoms with Crippen molar-refractivity contribution in [2.45, 2.75) is 25.3 Å². The average molecular weight is 359 g/mol. The molecule has 1 atom stereocenters. The molecule has 0 saturated heterocycles. The van der Waals surface area contributed by atoms with Crippen molar-refractivity contribution in [3.63, 3.8) is 0 Å². The molecular formula is C23H25N3O. The SMILES string of the molecule is CN(C)C(CNC(=O)c1c2c(nc3ccccc13)CCC2)c1ccccc1. The van der Waals surface area contributed by atoms with Crippen LogP contribution >= 0.6 is 0 Å². The van der Waals surface area contributed by atoms with Crippen LogP contribution in [0.2, 0.25) is 0 Å². The lowest BCUT2D eigenvalue weighted by molar-refractivity contribution is 0.0942. The van der Waals surface area contributed by atoms with E-state index in [1.165, 1.54) is 5.56 Å². The van der Waals surface area contributed by atoms with Gasteiger partial charge in [0.2, 0.25) is 0 Å². The summed E-state index contributed by atoms with van der Waals surface area (Å²) in [7, 11) is 4.09. The lowest BCUT2D eigenvalue weighted by Crippen LogP contribution is -2.35. The van der Waals surface area contributed by atoms with Crippen molar-refractivity contribution in [2.24, 2.45) is 0 Å². The zero-order chi connectivity index (χ0) is 18.8. The Morgan fingerprint density at radius 3 is 2.59 bits per heavy atom. The van der Waals surface area contributed by atoms with E-state index in [4.69, 9.17) is 4.98 Å². The molecule has 4 rings (SSSR count). The molecule has 138 valence electrons. The molecule has 1 aromatic heterocycles. The molecule has 0 saturated carbocycles. The van der Waals surface area contributed by atoms with E-state index in [0.717, 1.165) is 47.0 Å². The summed E-state index contributed by atoms with van der Waals surface area (Å²) in [5.41, 5.74) is 5.15. The predicted octanol–water partition coefficient (Wildman–Crippen LogP) is 3.76. The Hall–Kier alpha value is -2.72. The highest BCUT2D eigenvalue weighted by atomic mass is 16.1. The van der Waals surface area contributed by atoms with Gasteiger partial charge >= 0.3 is 0 Å². The maximum Gasteiger partial charge on any atom is 0.252 e. The third kappa shape index (κ3) is 3.45. The number of amides is 1. The fourth-order valence-electron chi connectivity index (χ4n) is 4.02. The van der Waals surface area contributed by atoms with Gasteiger partial charge in [-0.1, -0.05) is 48.5 Å². The van der Waals surface area contributed by atoms with Crippen molar-refractivity contribution in [3.05, 3.63) is 77.0 Å². The summed E-state index contributed by atoms with van der Waals surface area (Å²) in [6, 6.07) is 18.4. The van der Waals surface area contributed by atoms with Crippen LogP contribution in [0.25, 0.3) is 10.9 Å². The molecule has 0 spiro atoms. The average Bonchev–Trinajstić information content (AvgIpc) is 3.14. The standard InChI is InChI=1S/C23H25N3O/c1-26(2)21(16-9-4-3-5-10-16)15-24-23(27)22-17-11-6-7-13-19(17)25-20-14-8-12-18(20)22/h3-7,9-11,13,21H,8,12,14-15H2,1-2H3,(H,24,27). The Morgan fingerprint density at radius 2 is 1.81 bits per heavy atom. The number of pyridine rings is 1. The van der Waals surface area contributed by atoms with Gasteiger partial charge in [-0.2, -0.15) is 0 Å². The number of rotatable bonds is 5. The van der Waals surface area contributed by atoms with Crippen LogP contribution < -0.4 is 5.32 Å². The van der Waals surface area contributed by atoms with Crippen LogP contribution in [0.15, 0.2) is 54.6 Å². The first-order valence-corrected chi connectivity index (χ1v) is 9.55. The van der Waals surface area contributed by atoms with Crippen LogP contribution in [0.5, 0.6) is 0 Å². The normalized spacial score (nSPS) is 14.3. The number of para-hydroxylation sites is 1. The zero-order valence-corrected chi connectivity index (χ0v) is 15.9. The monoisotopic (exact) mass is 359 g/mol. The minimum absolute atomic E-state index is 0.00883. The van der Waals surface area contributed by atoms with Gasteiger partial charge in [0, 0.05) is 17.6 Å². The topological polar surface area (TPSA) is 45.2 Å². The Bertz CT molecular complexity index is 966. The Kier molecular flexibility index (Phi) is 4.90. The van der Waals surface area contributed by atoms with Gasteiger partial charge in [-0.3, -0.25) is 9.78 Å². The summed E-state index contributed by atoms with van der Waals surface area (Å²) in [5, 5.41) is 4.15. The molecule has 0 radical (unpaired) electrons. The minimum Gasteiger partial charge on any atom is -0.350 e. The molecule has 3 aromatic rings. The van der Waals surface area contributed by atoms with Crippen molar-refractivity contribution >= 4 is 16.8 Å². The first-order valence-electron chi connectivity index (χ1n) is 9.55. The van der Waals surface area contributed by atoms with Gasteiger partial charge in [-0.25, -0.2) is 0 Å². The molecule has 1 heterocycles. The minimum atomic E-state index is 0.00883. The number of nitrogens with zero attached hydrogens (tertiary/aromatic N) is 2. The molecular weight excluding hydrogens is 334 g/mol. The lowest BCUT2D eigenvalue weighted by atomic mass is 10.00. The molecule has 0 aliphatic heterocycles. The van der Waals surface area contributed by atoms with Gasteiger partial charge < -0.3 is 10.2 Å². The Morgan fingerprint density at radius 1 is 1.07 bits per heavy atom. The molecule has 4 nitrogen and oxygen atoms in total. The second-order valence-corrected chi connectivity index (χ2v) is 7.38. The van der Waals surface area contributed by atoms with Crippen LogP contribution in [0, 0.1) is 0 Å². The first kappa shape index (κ1) is 17.7. The second-order valence-electron chi connectivity index (χ2n) is 7.38. The third-order valence-corrected chi connectivity index (χ3v) is 5.41. The number of fused-ring (bicyclic) bond motifs is 2. The summed E-state index contributed by atoms with van der Waals surface area (Å²) >= 11 is 0. The van der Waals surface area contributed by atoms with E-state index in [1.807, 2.05) is 56.6 Å². The van der Waals surface area contributed by atoms with Gasteiger partial charge in [0.1, 0.15) is 0 Å². The first-order chi connectivity index (χ1) is 13.1. The highest BCUT2D eigenvalue weighted by molar-refractivity contribution is 6.07. The molecule has 27 heavy (non-hydrogen) atoms. The third-order valence-electron chi connectivity index (χ3n) is 5.41. The maximum absolute atomic E-state index is 13.2. The van der Waals surface area contributed by atoms with Gasteiger partial charge in [-0.05, 0) is 50.6 Å². The van der Waals surface area contributed by atoms with Gasteiger partial charge in [0.05, 0.1) is 17.1 Å². The molecule has 4 heteroatoms. The predicted molar refractivity (Wildman–Crippen MR) is 109 cm³/mol. The van der Waals surface area contributed by atoms with Crippen LogP contribution in [0.3, 0.4) is 0 Å². The van der Waals surface area contributed by atoms with Gasteiger partial charge in [-0.15, -0.1) is 0 Å². The maximum atomic E-state index is 13.2. The molecule has 1 unspecified atom stereocenters. The van der Waals surface area contributed by atoms with E-state index in [0.29, 0.717) is 6.54 Å². The van der Waals surface area contributed by atoms with Crippen LogP contribution in [0.4, 0.5) is 0 Å². The largest absolute Gasteiger partial charge is 0.350 e. The number of carbonyl (C=O) groups excluding carboxylic acids is 1. The second kappa shape index (κ2) is 7.49. The van der Waals surface area contributed by atoms with Crippen LogP contribution in [-0.4, -0.2) is 36.4 Å². The van der Waals surface area contributed by atoms with Crippen molar-refractivity contribution < 1.29 is 4.79 Å². The highest BCUT2D eigenvalue weighted by Gasteiger charge is 2.24. The number of carbonyl (C=O) groups is 1. The fourth-order valence-corrected chi connectivity index (χ4v) is 4.02. The van der Waals surface area contributed by atoms with Crippen LogP contribution in [0.1, 0.15) is 39.6 Å². The van der Waals surface area contributed by atoms with E-state index in [1.54, 1.807) is 0 Å². The van der Waals surface area contributed by atoms with E-state index in [9.17, 15) is 4.79 Å². The number of hydrogen-bond acceptors (Lipinski definition) is 3. The smallest absolute Gasteiger partial charge is 0.252 e. The zero-order valence-electron chi connectivity index (χ0n) is 15.9. The summed E-state index contributed by atoms with van der Waals surface area (Å²) in [6.45, 7) is 0.571. The number of benzene rings is 2. The van der Waals surface area contributed by atoms with E-state index in [2.05, 4.69) is 22.3 Å². The van der Waals surface area contributed by atoms with E-state index >= 15 is 0 Å². The molecule has 1 amide bonds. The number of aryl methyl sites for hydroxylation is 1. The molecule has 1 aliphatic rings. The molecule has 0 bridgehead atoms. The quantitative estimate of drug-likeness (QED) is 0.754.